The Morgan fingerprint density at radius 3 is 2.40 bits per heavy atom. The summed E-state index contributed by atoms with van der Waals surface area (Å²) in [6.07, 6.45) is 5.97. The van der Waals surface area contributed by atoms with Crippen molar-refractivity contribution in [2.45, 2.75) is 173 Å². The fourth-order valence-electron chi connectivity index (χ4n) is 11.2. The zero-order chi connectivity index (χ0) is 52.3. The highest BCUT2D eigenvalue weighted by Crippen LogP contribution is 2.40. The maximum atomic E-state index is 14.6. The Bertz CT molecular complexity index is 2190. The molecule has 4 aliphatic rings. The monoisotopic (exact) mass is 1010 g/mol. The first-order valence-corrected chi connectivity index (χ1v) is 26.1. The topological polar surface area (TPSA) is 225 Å². The number of ether oxygens (including phenoxy) is 7. The van der Waals surface area contributed by atoms with E-state index in [2.05, 4.69) is 11.9 Å². The van der Waals surface area contributed by atoms with Crippen molar-refractivity contribution < 1.29 is 67.7 Å². The summed E-state index contributed by atoms with van der Waals surface area (Å²) in [5.74, 6) is -6.39. The van der Waals surface area contributed by atoms with Crippen molar-refractivity contribution in [3.63, 3.8) is 0 Å². The van der Waals surface area contributed by atoms with Gasteiger partial charge in [-0.2, -0.15) is 0 Å². The lowest BCUT2D eigenvalue weighted by molar-refractivity contribution is -0.302. The first kappa shape index (κ1) is 57.0. The number of piperidine rings is 1. The molecule has 0 radical (unpaired) electrons. The number of nitrogens with one attached hydrogen (secondary N) is 1. The second-order valence-corrected chi connectivity index (χ2v) is 20.8. The van der Waals surface area contributed by atoms with Gasteiger partial charge < -0.3 is 58.4 Å². The number of aromatic nitrogens is 2. The number of aromatic amines is 1. The molecule has 4 N–H and O–H groups in total. The van der Waals surface area contributed by atoms with Gasteiger partial charge in [0.25, 0.3) is 11.7 Å². The number of benzene rings is 1. The number of methoxy groups -OCH3 is 3. The Morgan fingerprint density at radius 2 is 1.69 bits per heavy atom. The summed E-state index contributed by atoms with van der Waals surface area (Å²) in [5, 5.41) is 33.2. The van der Waals surface area contributed by atoms with Gasteiger partial charge in [-0.05, 0) is 108 Å². The number of rotatable bonds is 13. The van der Waals surface area contributed by atoms with E-state index in [0.29, 0.717) is 62.1 Å². The van der Waals surface area contributed by atoms with E-state index in [1.165, 1.54) is 19.1 Å². The van der Waals surface area contributed by atoms with E-state index in [0.717, 1.165) is 23.3 Å². The van der Waals surface area contributed by atoms with Crippen LogP contribution < -0.4 is 4.74 Å². The van der Waals surface area contributed by atoms with Crippen molar-refractivity contribution in [2.24, 2.45) is 29.6 Å². The minimum absolute atomic E-state index is 0.0179. The van der Waals surface area contributed by atoms with Gasteiger partial charge in [0.15, 0.2) is 0 Å². The van der Waals surface area contributed by atoms with Crippen LogP contribution in [0.5, 0.6) is 5.75 Å². The molecule has 17 nitrogen and oxygen atoms in total. The number of fused-ring (bicyclic) bond motifs is 3. The molecule has 1 amide bonds. The number of ketones is 2. The van der Waals surface area contributed by atoms with E-state index in [4.69, 9.17) is 43.2 Å². The number of allylic oxidation sites excluding steroid dienone is 3. The number of nitrogens with zero attached hydrogens (tertiary/aromatic N) is 2. The number of Topliss-reactive ketones (excluding diaryl/α,β-unsaturated/α-hetero) is 2. The number of amides is 1. The molecule has 6 rings (SSSR count). The average molecular weight is 1010 g/mol. The van der Waals surface area contributed by atoms with Gasteiger partial charge in [-0.25, -0.2) is 9.78 Å². The smallest absolute Gasteiger partial charge is 0.329 e. The second kappa shape index (κ2) is 26.2. The zero-order valence-corrected chi connectivity index (χ0v) is 43.9. The van der Waals surface area contributed by atoms with Crippen LogP contribution in [0.3, 0.4) is 0 Å². The van der Waals surface area contributed by atoms with Gasteiger partial charge in [0.05, 0.1) is 42.8 Å². The molecule has 14 unspecified atom stereocenters. The molecule has 4 heterocycles. The van der Waals surface area contributed by atoms with Crippen LogP contribution >= 0.6 is 0 Å². The lowest BCUT2D eigenvalue weighted by Crippen LogP contribution is -2.64. The third-order valence-corrected chi connectivity index (χ3v) is 15.4. The van der Waals surface area contributed by atoms with Crippen LogP contribution in [0, 0.1) is 29.6 Å². The number of hydrogen-bond acceptors (Lipinski definition) is 15. The van der Waals surface area contributed by atoms with Gasteiger partial charge in [0, 0.05) is 63.8 Å². The van der Waals surface area contributed by atoms with Crippen LogP contribution in [-0.2, 0) is 54.2 Å². The fourth-order valence-corrected chi connectivity index (χ4v) is 11.2. The molecule has 1 saturated carbocycles. The van der Waals surface area contributed by atoms with Crippen molar-refractivity contribution in [3.8, 4) is 17.0 Å². The molecule has 1 aliphatic carbocycles. The van der Waals surface area contributed by atoms with Crippen LogP contribution in [-0.4, -0.2) is 149 Å². The Hall–Kier alpha value is -4.33. The maximum Gasteiger partial charge on any atom is 0.329 e. The Morgan fingerprint density at radius 1 is 0.958 bits per heavy atom. The number of carbonyl (C=O) groups excluding carboxylic acids is 4. The largest absolute Gasteiger partial charge is 0.491 e. The van der Waals surface area contributed by atoms with Gasteiger partial charge in [0.2, 0.25) is 5.79 Å². The molecule has 2 saturated heterocycles. The summed E-state index contributed by atoms with van der Waals surface area (Å²) in [6, 6.07) is 6.33. The minimum Gasteiger partial charge on any atom is -0.491 e. The summed E-state index contributed by atoms with van der Waals surface area (Å²) >= 11 is 0. The van der Waals surface area contributed by atoms with E-state index in [-0.39, 0.29) is 75.5 Å². The standard InChI is InChI=1S/C55H81N3O14/c1-10-38-23-32(2)22-33(3)24-47(67-8)51-48(68-9)26-35(5)55(65,72-51)52(62)53(63)58-19-12-11-16-42(58)54(64)71-50(36(6)43(60)29-44(38)61)34(4)25-37-17-18-45(46(27-37)66-7)70-31-49-56-30-41(57-49)39-14-13-15-40(28-39)69-21-20-59/h13-15,23,25,28,30,33,35-38,42-43,45-48,50-51,59-60,65H,10-12,16-22,24,26-27,29,31H2,1-9H3,(H,56,57)/b32-23+,34-25?. The van der Waals surface area contributed by atoms with E-state index in [1.54, 1.807) is 21.0 Å². The Kier molecular flexibility index (Phi) is 20.8. The third-order valence-electron chi connectivity index (χ3n) is 15.4. The van der Waals surface area contributed by atoms with Crippen LogP contribution in [0.4, 0.5) is 0 Å². The summed E-state index contributed by atoms with van der Waals surface area (Å²) in [5.41, 5.74) is 3.24. The van der Waals surface area contributed by atoms with Crippen molar-refractivity contribution in [3.05, 3.63) is 59.6 Å². The first-order chi connectivity index (χ1) is 34.4. The van der Waals surface area contributed by atoms with E-state index >= 15 is 0 Å². The molecule has 72 heavy (non-hydrogen) atoms. The number of aliphatic hydroxyl groups excluding tert-OH is 2. The molecule has 1 aromatic heterocycles. The van der Waals surface area contributed by atoms with Gasteiger partial charge in [-0.3, -0.25) is 14.4 Å². The molecular formula is C55H81N3O14. The molecule has 14 atom stereocenters. The normalized spacial score (nSPS) is 34.9. The summed E-state index contributed by atoms with van der Waals surface area (Å²) in [6.45, 7) is 11.6. The number of H-pyrrole nitrogens is 1. The zero-order valence-electron chi connectivity index (χ0n) is 43.9. The molecule has 2 bridgehead atoms. The van der Waals surface area contributed by atoms with Gasteiger partial charge >= 0.3 is 5.97 Å². The second-order valence-electron chi connectivity index (χ2n) is 20.8. The Labute approximate surface area is 425 Å². The molecule has 0 spiro atoms. The van der Waals surface area contributed by atoms with Crippen LogP contribution in [0.1, 0.15) is 118 Å². The van der Waals surface area contributed by atoms with E-state index < -0.39 is 77.8 Å². The maximum absolute atomic E-state index is 14.6. The predicted octanol–water partition coefficient (Wildman–Crippen LogP) is 6.46. The van der Waals surface area contributed by atoms with Crippen molar-refractivity contribution >= 4 is 23.4 Å². The number of imidazole rings is 1. The minimum atomic E-state index is -2.52. The quantitative estimate of drug-likeness (QED) is 0.0960. The number of esters is 1. The van der Waals surface area contributed by atoms with Crippen LogP contribution in [0.25, 0.3) is 11.3 Å². The molecule has 3 aliphatic heterocycles. The van der Waals surface area contributed by atoms with E-state index in [1.807, 2.05) is 63.4 Å². The summed E-state index contributed by atoms with van der Waals surface area (Å²) in [4.78, 5) is 66.6. The third kappa shape index (κ3) is 13.9. The molecule has 3 fully saturated rings. The van der Waals surface area contributed by atoms with Gasteiger partial charge in [-0.15, -0.1) is 0 Å². The number of aliphatic hydroxyl groups is 3. The van der Waals surface area contributed by atoms with Crippen LogP contribution in [0.2, 0.25) is 0 Å². The summed E-state index contributed by atoms with van der Waals surface area (Å²) in [7, 11) is 4.72. The predicted molar refractivity (Wildman–Crippen MR) is 267 cm³/mol. The lowest BCUT2D eigenvalue weighted by Gasteiger charge is -2.47. The molecule has 2 aromatic rings. The van der Waals surface area contributed by atoms with E-state index in [9.17, 15) is 29.4 Å². The average Bonchev–Trinajstić information content (AvgIpc) is 3.86. The highest BCUT2D eigenvalue weighted by atomic mass is 16.7. The van der Waals surface area contributed by atoms with Crippen molar-refractivity contribution in [1.82, 2.24) is 14.9 Å². The summed E-state index contributed by atoms with van der Waals surface area (Å²) < 4.78 is 42.5. The SMILES string of the molecule is CCC1/C=C(\C)CC(C)CC(OC)C2OC(O)(C(=O)C(=O)N3CCCCC3C(=O)OC(C(C)=CC3CCC(OCc4nc(-c5cccc(OCCO)c5)c[nH]4)C(OC)C3)C(C)C(O)CC1=O)C(C)CC2OC. The van der Waals surface area contributed by atoms with Gasteiger partial charge in [-0.1, -0.05) is 57.6 Å². The van der Waals surface area contributed by atoms with Crippen molar-refractivity contribution in [1.29, 1.82) is 0 Å². The molecule has 400 valence electrons. The first-order valence-electron chi connectivity index (χ1n) is 26.1. The molecular weight excluding hydrogens is 927 g/mol. The number of carbonyl (C=O) groups is 4. The Balaban J connectivity index is 1.24. The molecule has 1 aromatic carbocycles. The number of cyclic esters (lactones) is 1. The number of hydrogen-bond donors (Lipinski definition) is 4. The van der Waals surface area contributed by atoms with Crippen molar-refractivity contribution in [2.75, 3.05) is 41.1 Å². The van der Waals surface area contributed by atoms with Gasteiger partial charge in [0.1, 0.15) is 48.8 Å². The molecule has 17 heteroatoms. The fraction of sp³-hybridized carbons (Fsp3) is 0.691. The van der Waals surface area contributed by atoms with Crippen LogP contribution in [0.15, 0.2) is 53.8 Å². The highest BCUT2D eigenvalue weighted by molar-refractivity contribution is 6.39. The highest BCUT2D eigenvalue weighted by Gasteiger charge is 2.56. The lowest BCUT2D eigenvalue weighted by atomic mass is 9.81.